The zero-order chi connectivity index (χ0) is 52.7. The number of unbranched alkanes of at least 4 members (excludes halogenated alkanes) is 22. The lowest BCUT2D eigenvalue weighted by Crippen LogP contribution is -2.37. The van der Waals surface area contributed by atoms with Gasteiger partial charge in [-0.2, -0.15) is 0 Å². The van der Waals surface area contributed by atoms with Gasteiger partial charge in [-0.3, -0.25) is 14.2 Å². The summed E-state index contributed by atoms with van der Waals surface area (Å²) in [6.07, 6.45) is 71.6. The molecule has 0 aromatic rings. The van der Waals surface area contributed by atoms with E-state index in [0.29, 0.717) is 17.4 Å². The molecule has 0 saturated heterocycles. The minimum Gasteiger partial charge on any atom is -0.756 e. The molecular weight excluding hydrogens is 918 g/mol. The Bertz CT molecular complexity index is 1540. The van der Waals surface area contributed by atoms with E-state index < -0.39 is 32.5 Å². The van der Waals surface area contributed by atoms with Gasteiger partial charge in [0, 0.05) is 12.8 Å². The molecule has 0 rings (SSSR count). The van der Waals surface area contributed by atoms with E-state index in [4.69, 9.17) is 18.5 Å². The number of rotatable bonds is 52. The van der Waals surface area contributed by atoms with Crippen LogP contribution in [-0.4, -0.2) is 70.0 Å². The number of hydrogen-bond donors (Lipinski definition) is 0. The van der Waals surface area contributed by atoms with Crippen molar-refractivity contribution in [2.45, 2.75) is 238 Å². The standard InChI is InChI=1S/C62H108NO8P/c1-6-8-10-12-14-16-18-20-22-24-26-28-29-30-31-32-33-35-36-38-40-42-44-46-48-50-52-54-61(64)68-58-60(59-70-72(66,67)69-57-56-63(3,4)5)71-62(65)55-53-51-49-47-45-43-41-39-37-34-27-25-23-21-19-17-15-13-11-9-7-2/h9,11,15,17-18,20-21,23-24,26-27,29-30,34,39,41,60H,6-8,10,12-14,16,19,22,25,28,31-33,35-38,40,42-59H2,1-5H3/b11-9-,17-15-,20-18-,23-21-,26-24-,30-29-,34-27-,41-39-. The van der Waals surface area contributed by atoms with Crippen molar-refractivity contribution < 1.29 is 42.1 Å². The second-order valence-corrected chi connectivity index (χ2v) is 21.7. The quantitative estimate of drug-likeness (QED) is 0.0195. The maximum absolute atomic E-state index is 12.8. The summed E-state index contributed by atoms with van der Waals surface area (Å²) in [4.78, 5) is 37.9. The van der Waals surface area contributed by atoms with E-state index in [1.54, 1.807) is 0 Å². The third kappa shape index (κ3) is 56.2. The molecule has 10 heteroatoms. The topological polar surface area (TPSA) is 111 Å². The van der Waals surface area contributed by atoms with Gasteiger partial charge >= 0.3 is 11.9 Å². The molecule has 0 heterocycles. The van der Waals surface area contributed by atoms with Crippen LogP contribution in [0.15, 0.2) is 97.2 Å². The molecule has 2 atom stereocenters. The van der Waals surface area contributed by atoms with E-state index in [9.17, 15) is 19.0 Å². The Morgan fingerprint density at radius 2 is 0.792 bits per heavy atom. The summed E-state index contributed by atoms with van der Waals surface area (Å²) >= 11 is 0. The molecule has 0 aromatic carbocycles. The summed E-state index contributed by atoms with van der Waals surface area (Å²) < 4.78 is 34.1. The second kappa shape index (κ2) is 52.8. The maximum Gasteiger partial charge on any atom is 0.306 e. The molecule has 0 N–H and O–H groups in total. The highest BCUT2D eigenvalue weighted by Crippen LogP contribution is 2.38. The number of allylic oxidation sites excluding steroid dienone is 16. The number of phosphoric ester groups is 1. The predicted molar refractivity (Wildman–Crippen MR) is 305 cm³/mol. The fraction of sp³-hybridized carbons (Fsp3) is 0.710. The van der Waals surface area contributed by atoms with Crippen molar-refractivity contribution in [1.29, 1.82) is 0 Å². The smallest absolute Gasteiger partial charge is 0.306 e. The molecule has 72 heavy (non-hydrogen) atoms. The molecule has 0 fully saturated rings. The Kier molecular flexibility index (Phi) is 50.5. The van der Waals surface area contributed by atoms with Gasteiger partial charge in [0.15, 0.2) is 6.10 Å². The van der Waals surface area contributed by atoms with Crippen molar-refractivity contribution in [1.82, 2.24) is 0 Å². The summed E-state index contributed by atoms with van der Waals surface area (Å²) in [6, 6.07) is 0. The minimum absolute atomic E-state index is 0.0401. The van der Waals surface area contributed by atoms with Crippen LogP contribution in [0, 0.1) is 0 Å². The fourth-order valence-electron chi connectivity index (χ4n) is 7.63. The number of esters is 2. The van der Waals surface area contributed by atoms with Crippen LogP contribution in [0.2, 0.25) is 0 Å². The Balaban J connectivity index is 4.21. The van der Waals surface area contributed by atoms with Crippen LogP contribution < -0.4 is 4.89 Å². The highest BCUT2D eigenvalue weighted by molar-refractivity contribution is 7.45. The molecule has 2 unspecified atom stereocenters. The molecule has 414 valence electrons. The number of likely N-dealkylation sites (N-methyl/N-ethyl adjacent to an activating group) is 1. The van der Waals surface area contributed by atoms with E-state index in [0.717, 1.165) is 96.3 Å². The van der Waals surface area contributed by atoms with Crippen molar-refractivity contribution >= 4 is 19.8 Å². The third-order valence-corrected chi connectivity index (χ3v) is 13.1. The maximum atomic E-state index is 12.8. The normalized spacial score (nSPS) is 14.0. The van der Waals surface area contributed by atoms with Crippen molar-refractivity contribution in [2.75, 3.05) is 47.5 Å². The molecule has 0 amide bonds. The number of carbonyl (C=O) groups excluding carboxylic acids is 2. The Morgan fingerprint density at radius 1 is 0.444 bits per heavy atom. The summed E-state index contributed by atoms with van der Waals surface area (Å²) in [5.41, 5.74) is 0. The van der Waals surface area contributed by atoms with Crippen LogP contribution in [0.1, 0.15) is 232 Å². The summed E-state index contributed by atoms with van der Waals surface area (Å²) in [7, 11) is 1.14. The van der Waals surface area contributed by atoms with Crippen LogP contribution in [0.5, 0.6) is 0 Å². The Hall–Kier alpha value is -3.07. The fourth-order valence-corrected chi connectivity index (χ4v) is 8.36. The molecule has 0 spiro atoms. The van der Waals surface area contributed by atoms with Gasteiger partial charge in [-0.15, -0.1) is 0 Å². The van der Waals surface area contributed by atoms with Crippen LogP contribution in [0.4, 0.5) is 0 Å². The van der Waals surface area contributed by atoms with Crippen molar-refractivity contribution in [3.63, 3.8) is 0 Å². The van der Waals surface area contributed by atoms with E-state index in [1.165, 1.54) is 103 Å². The van der Waals surface area contributed by atoms with E-state index >= 15 is 0 Å². The number of carbonyl (C=O) groups is 2. The van der Waals surface area contributed by atoms with Gasteiger partial charge < -0.3 is 27.9 Å². The van der Waals surface area contributed by atoms with Gasteiger partial charge in [-0.25, -0.2) is 0 Å². The average molecular weight is 1030 g/mol. The van der Waals surface area contributed by atoms with Gasteiger partial charge in [-0.05, 0) is 96.3 Å². The largest absolute Gasteiger partial charge is 0.756 e. The lowest BCUT2D eigenvalue weighted by Gasteiger charge is -2.28. The van der Waals surface area contributed by atoms with E-state index in [-0.39, 0.29) is 26.1 Å². The first-order chi connectivity index (χ1) is 35.0. The number of hydrogen-bond acceptors (Lipinski definition) is 8. The molecular formula is C62H108NO8P. The molecule has 0 aliphatic rings. The van der Waals surface area contributed by atoms with E-state index in [2.05, 4.69) is 111 Å². The SMILES string of the molecule is CC/C=C\C/C=C\C/C=C\C/C=C\C/C=C\CCCCCCCC(=O)OC(COC(=O)CCCCCCCCCCCCCC/C=C\C/C=C\C/C=C\CCCCCCC)COP(=O)([O-])OCC[N+](C)(C)C. The molecule has 0 saturated carbocycles. The highest BCUT2D eigenvalue weighted by atomic mass is 31.2. The summed E-state index contributed by atoms with van der Waals surface area (Å²) in [6.45, 7) is 4.09. The molecule has 9 nitrogen and oxygen atoms in total. The molecule has 0 bridgehead atoms. The lowest BCUT2D eigenvalue weighted by atomic mass is 10.0. The predicted octanol–water partition coefficient (Wildman–Crippen LogP) is 17.4. The number of quaternary nitrogens is 1. The number of nitrogens with zero attached hydrogens (tertiary/aromatic N) is 1. The van der Waals surface area contributed by atoms with E-state index in [1.807, 2.05) is 21.1 Å². The number of phosphoric acid groups is 1. The van der Waals surface area contributed by atoms with Crippen LogP contribution in [-0.2, 0) is 32.7 Å². The molecule has 0 aliphatic carbocycles. The first kappa shape index (κ1) is 68.9. The van der Waals surface area contributed by atoms with Crippen LogP contribution >= 0.6 is 7.82 Å². The van der Waals surface area contributed by atoms with Crippen molar-refractivity contribution in [3.8, 4) is 0 Å². The van der Waals surface area contributed by atoms with Crippen LogP contribution in [0.25, 0.3) is 0 Å². The van der Waals surface area contributed by atoms with Gasteiger partial charge in [0.2, 0.25) is 0 Å². The highest BCUT2D eigenvalue weighted by Gasteiger charge is 2.21. The van der Waals surface area contributed by atoms with Gasteiger partial charge in [0.25, 0.3) is 7.82 Å². The van der Waals surface area contributed by atoms with Crippen molar-refractivity contribution in [2.24, 2.45) is 0 Å². The summed E-state index contributed by atoms with van der Waals surface area (Å²) in [5, 5.41) is 0. The summed E-state index contributed by atoms with van der Waals surface area (Å²) in [5.74, 6) is -0.860. The first-order valence-corrected chi connectivity index (χ1v) is 30.4. The molecule has 0 radical (unpaired) electrons. The zero-order valence-corrected chi connectivity index (χ0v) is 47.7. The van der Waals surface area contributed by atoms with Crippen molar-refractivity contribution in [3.05, 3.63) is 97.2 Å². The Labute approximate surface area is 443 Å². The van der Waals surface area contributed by atoms with Gasteiger partial charge in [-0.1, -0.05) is 220 Å². The average Bonchev–Trinajstić information content (AvgIpc) is 3.34. The zero-order valence-electron chi connectivity index (χ0n) is 46.8. The van der Waals surface area contributed by atoms with Crippen LogP contribution in [0.3, 0.4) is 0 Å². The Morgan fingerprint density at radius 3 is 1.18 bits per heavy atom. The minimum atomic E-state index is -4.65. The molecule has 0 aromatic heterocycles. The lowest BCUT2D eigenvalue weighted by molar-refractivity contribution is -0.870. The van der Waals surface area contributed by atoms with Gasteiger partial charge in [0.1, 0.15) is 19.8 Å². The second-order valence-electron chi connectivity index (χ2n) is 20.3. The monoisotopic (exact) mass is 1030 g/mol. The number of ether oxygens (including phenoxy) is 2. The molecule has 0 aliphatic heterocycles. The first-order valence-electron chi connectivity index (χ1n) is 28.9. The van der Waals surface area contributed by atoms with Gasteiger partial charge in [0.05, 0.1) is 27.7 Å². The third-order valence-electron chi connectivity index (χ3n) is 12.1.